The van der Waals surface area contributed by atoms with Crippen LogP contribution in [0.15, 0.2) is 53.4 Å². The minimum atomic E-state index is 0.00318. The molecule has 0 fully saturated rings. The van der Waals surface area contributed by atoms with Gasteiger partial charge in [-0.1, -0.05) is 38.1 Å². The summed E-state index contributed by atoms with van der Waals surface area (Å²) in [7, 11) is 1.70. The molecule has 2 rings (SSSR count). The molecule has 100 valence electrons. The van der Waals surface area contributed by atoms with Gasteiger partial charge in [0.1, 0.15) is 5.75 Å². The van der Waals surface area contributed by atoms with E-state index in [1.54, 1.807) is 18.9 Å². The standard InChI is InChI=1S/C17H20OS/c1-17(2,13-5-9-15(18-3)10-6-13)14-7-11-16(19-4)12-8-14/h5-12H,1-4H3. The first-order valence-corrected chi connectivity index (χ1v) is 7.59. The first-order chi connectivity index (χ1) is 9.07. The predicted octanol–water partition coefficient (Wildman–Crippen LogP) is 4.74. The van der Waals surface area contributed by atoms with Crippen molar-refractivity contribution in [2.45, 2.75) is 24.2 Å². The van der Waals surface area contributed by atoms with Crippen molar-refractivity contribution >= 4 is 11.8 Å². The van der Waals surface area contributed by atoms with Crippen LogP contribution < -0.4 is 4.74 Å². The second-order valence-electron chi connectivity index (χ2n) is 5.08. The molecule has 0 saturated carbocycles. The zero-order valence-electron chi connectivity index (χ0n) is 11.9. The normalized spacial score (nSPS) is 11.4. The molecule has 0 unspecified atom stereocenters. The Kier molecular flexibility index (Phi) is 4.20. The lowest BCUT2D eigenvalue weighted by Crippen LogP contribution is -2.18. The summed E-state index contributed by atoms with van der Waals surface area (Å²) in [6.07, 6.45) is 2.10. The molecule has 2 aromatic rings. The molecule has 0 bridgehead atoms. The molecular weight excluding hydrogens is 252 g/mol. The molecule has 0 radical (unpaired) electrons. The lowest BCUT2D eigenvalue weighted by molar-refractivity contribution is 0.414. The Morgan fingerprint density at radius 3 is 1.74 bits per heavy atom. The molecule has 0 saturated heterocycles. The number of rotatable bonds is 4. The molecule has 2 heteroatoms. The van der Waals surface area contributed by atoms with Crippen molar-refractivity contribution < 1.29 is 4.74 Å². The maximum Gasteiger partial charge on any atom is 0.118 e. The van der Waals surface area contributed by atoms with Gasteiger partial charge >= 0.3 is 0 Å². The summed E-state index contributed by atoms with van der Waals surface area (Å²) < 4.78 is 5.22. The van der Waals surface area contributed by atoms with Crippen LogP contribution in [0.1, 0.15) is 25.0 Å². The summed E-state index contributed by atoms with van der Waals surface area (Å²) in [5.41, 5.74) is 2.63. The van der Waals surface area contributed by atoms with E-state index >= 15 is 0 Å². The Morgan fingerprint density at radius 1 is 0.842 bits per heavy atom. The first-order valence-electron chi connectivity index (χ1n) is 6.37. The minimum absolute atomic E-state index is 0.00318. The Balaban J connectivity index is 2.33. The van der Waals surface area contributed by atoms with E-state index in [1.807, 2.05) is 12.1 Å². The maximum absolute atomic E-state index is 5.22. The van der Waals surface area contributed by atoms with Gasteiger partial charge in [-0.15, -0.1) is 11.8 Å². The molecule has 0 aliphatic rings. The monoisotopic (exact) mass is 272 g/mol. The van der Waals surface area contributed by atoms with Crippen LogP contribution in [0, 0.1) is 0 Å². The van der Waals surface area contributed by atoms with E-state index in [4.69, 9.17) is 4.74 Å². The van der Waals surface area contributed by atoms with Crippen molar-refractivity contribution in [3.8, 4) is 5.75 Å². The Morgan fingerprint density at radius 2 is 1.32 bits per heavy atom. The third-order valence-corrected chi connectivity index (χ3v) is 4.37. The maximum atomic E-state index is 5.22. The fraction of sp³-hybridized carbons (Fsp3) is 0.294. The van der Waals surface area contributed by atoms with E-state index in [9.17, 15) is 0 Å². The van der Waals surface area contributed by atoms with Gasteiger partial charge in [0.05, 0.1) is 7.11 Å². The zero-order chi connectivity index (χ0) is 13.9. The second kappa shape index (κ2) is 5.70. The van der Waals surface area contributed by atoms with Crippen molar-refractivity contribution in [1.82, 2.24) is 0 Å². The van der Waals surface area contributed by atoms with E-state index in [-0.39, 0.29) is 5.41 Å². The topological polar surface area (TPSA) is 9.23 Å². The van der Waals surface area contributed by atoms with Crippen LogP contribution in [0.5, 0.6) is 5.75 Å². The minimum Gasteiger partial charge on any atom is -0.497 e. The molecule has 0 atom stereocenters. The van der Waals surface area contributed by atoms with Gasteiger partial charge in [0.25, 0.3) is 0 Å². The number of hydrogen-bond acceptors (Lipinski definition) is 2. The van der Waals surface area contributed by atoms with E-state index in [1.165, 1.54) is 16.0 Å². The van der Waals surface area contributed by atoms with Gasteiger partial charge in [0, 0.05) is 10.3 Å². The van der Waals surface area contributed by atoms with Crippen molar-refractivity contribution in [1.29, 1.82) is 0 Å². The fourth-order valence-corrected chi connectivity index (χ4v) is 2.59. The second-order valence-corrected chi connectivity index (χ2v) is 5.96. The highest BCUT2D eigenvalue weighted by atomic mass is 32.2. The van der Waals surface area contributed by atoms with Gasteiger partial charge in [-0.3, -0.25) is 0 Å². The van der Waals surface area contributed by atoms with Crippen LogP contribution in [-0.2, 0) is 5.41 Å². The Bertz CT molecular complexity index is 477. The first kappa shape index (κ1) is 14.0. The van der Waals surface area contributed by atoms with Crippen LogP contribution in [0.4, 0.5) is 0 Å². The van der Waals surface area contributed by atoms with Gasteiger partial charge in [-0.05, 0) is 41.6 Å². The molecule has 1 nitrogen and oxygen atoms in total. The largest absolute Gasteiger partial charge is 0.497 e. The molecule has 0 heterocycles. The summed E-state index contributed by atoms with van der Waals surface area (Å²) in [6.45, 7) is 4.51. The zero-order valence-corrected chi connectivity index (χ0v) is 12.8. The third kappa shape index (κ3) is 2.95. The molecule has 0 aliphatic heterocycles. The predicted molar refractivity (Wildman–Crippen MR) is 83.3 cm³/mol. The molecular formula is C17H20OS. The molecule has 0 N–H and O–H groups in total. The summed E-state index contributed by atoms with van der Waals surface area (Å²) >= 11 is 1.77. The Hall–Kier alpha value is -1.41. The molecule has 0 spiro atoms. The van der Waals surface area contributed by atoms with Gasteiger partial charge < -0.3 is 4.74 Å². The molecule has 0 aromatic heterocycles. The van der Waals surface area contributed by atoms with Crippen molar-refractivity contribution in [3.63, 3.8) is 0 Å². The molecule has 0 aliphatic carbocycles. The smallest absolute Gasteiger partial charge is 0.118 e. The van der Waals surface area contributed by atoms with Crippen LogP contribution in [-0.4, -0.2) is 13.4 Å². The highest BCUT2D eigenvalue weighted by Gasteiger charge is 2.22. The van der Waals surface area contributed by atoms with Crippen LogP contribution in [0.25, 0.3) is 0 Å². The summed E-state index contributed by atoms with van der Waals surface area (Å²) in [4.78, 5) is 1.30. The van der Waals surface area contributed by atoms with Crippen LogP contribution in [0.3, 0.4) is 0 Å². The lowest BCUT2D eigenvalue weighted by atomic mass is 9.78. The lowest BCUT2D eigenvalue weighted by Gasteiger charge is -2.26. The number of methoxy groups -OCH3 is 1. The quantitative estimate of drug-likeness (QED) is 0.743. The van der Waals surface area contributed by atoms with Gasteiger partial charge in [-0.2, -0.15) is 0 Å². The van der Waals surface area contributed by atoms with E-state index < -0.39 is 0 Å². The summed E-state index contributed by atoms with van der Waals surface area (Å²) in [5, 5.41) is 0. The molecule has 0 amide bonds. The number of thioether (sulfide) groups is 1. The number of ether oxygens (including phenoxy) is 1. The van der Waals surface area contributed by atoms with E-state index in [0.29, 0.717) is 0 Å². The van der Waals surface area contributed by atoms with Crippen molar-refractivity contribution in [2.75, 3.05) is 13.4 Å². The molecule has 19 heavy (non-hydrogen) atoms. The van der Waals surface area contributed by atoms with Gasteiger partial charge in [0.2, 0.25) is 0 Å². The fourth-order valence-electron chi connectivity index (χ4n) is 2.18. The summed E-state index contributed by atoms with van der Waals surface area (Å²) in [5.74, 6) is 0.900. The van der Waals surface area contributed by atoms with Crippen LogP contribution >= 0.6 is 11.8 Å². The van der Waals surface area contributed by atoms with Crippen molar-refractivity contribution in [3.05, 3.63) is 59.7 Å². The van der Waals surface area contributed by atoms with Crippen molar-refractivity contribution in [2.24, 2.45) is 0 Å². The van der Waals surface area contributed by atoms with Gasteiger partial charge in [0.15, 0.2) is 0 Å². The Labute approximate surface area is 120 Å². The SMILES string of the molecule is COc1ccc(C(C)(C)c2ccc(SC)cc2)cc1. The summed E-state index contributed by atoms with van der Waals surface area (Å²) in [6, 6.07) is 17.1. The highest BCUT2D eigenvalue weighted by Crippen LogP contribution is 2.33. The van der Waals surface area contributed by atoms with Crippen LogP contribution in [0.2, 0.25) is 0 Å². The van der Waals surface area contributed by atoms with Gasteiger partial charge in [-0.25, -0.2) is 0 Å². The average Bonchev–Trinajstić information content (AvgIpc) is 2.47. The number of benzene rings is 2. The average molecular weight is 272 g/mol. The third-order valence-electron chi connectivity index (χ3n) is 3.62. The highest BCUT2D eigenvalue weighted by molar-refractivity contribution is 7.98. The van der Waals surface area contributed by atoms with E-state index in [2.05, 4.69) is 56.5 Å². The molecule has 2 aromatic carbocycles. The van der Waals surface area contributed by atoms with E-state index in [0.717, 1.165) is 5.75 Å². The number of hydrogen-bond donors (Lipinski definition) is 0.